The monoisotopic (exact) mass is 481 g/mol. The Kier molecular flexibility index (Phi) is 24.1. The molecule has 0 rings (SSSR count). The molecule has 0 saturated heterocycles. The summed E-state index contributed by atoms with van der Waals surface area (Å²) in [6.07, 6.45) is 25.6. The zero-order valence-corrected chi connectivity index (χ0v) is 22.2. The molecule has 5 nitrogen and oxygen atoms in total. The molecule has 3 unspecified atom stereocenters. The van der Waals surface area contributed by atoms with E-state index < -0.39 is 18.2 Å². The first-order valence-corrected chi connectivity index (χ1v) is 14.1. The van der Waals surface area contributed by atoms with Crippen LogP contribution in [0.2, 0.25) is 0 Å². The molecule has 0 saturated carbocycles. The lowest BCUT2D eigenvalue weighted by Gasteiger charge is -2.26. The van der Waals surface area contributed by atoms with E-state index in [-0.39, 0.29) is 12.5 Å². The molecule has 0 bridgehead atoms. The first kappa shape index (κ1) is 32.8. The highest BCUT2D eigenvalue weighted by molar-refractivity contribution is 5.76. The van der Waals surface area contributed by atoms with Crippen molar-refractivity contribution in [1.29, 1.82) is 0 Å². The molecule has 0 aliphatic carbocycles. The maximum absolute atomic E-state index is 12.2. The van der Waals surface area contributed by atoms with Crippen molar-refractivity contribution in [2.45, 2.75) is 148 Å². The number of hydrogen-bond donors (Lipinski definition) is 4. The van der Waals surface area contributed by atoms with Crippen molar-refractivity contribution in [3.63, 3.8) is 0 Å². The standard InChI is InChI=1S/C29H55NO4/c1-3-5-7-9-11-13-14-15-16-18-20-22-24-28(33)30-26(25-31)29(34)27(32)23-21-19-17-12-10-8-6-4-2/h11-13,17,26-27,29,31-32,34H,3-10,14-16,18-25H2,1-2H3,(H,30,33)/b13-11-,17-12+. The van der Waals surface area contributed by atoms with Crippen LogP contribution in [0.25, 0.3) is 0 Å². The lowest BCUT2D eigenvalue weighted by molar-refractivity contribution is -0.124. The Balaban J connectivity index is 3.86. The van der Waals surface area contributed by atoms with Crippen molar-refractivity contribution >= 4 is 5.91 Å². The average Bonchev–Trinajstić information content (AvgIpc) is 2.84. The zero-order chi connectivity index (χ0) is 25.3. The molecule has 0 aliphatic rings. The third-order valence-electron chi connectivity index (χ3n) is 6.28. The summed E-state index contributed by atoms with van der Waals surface area (Å²) in [6.45, 7) is 4.03. The molecule has 0 heterocycles. The van der Waals surface area contributed by atoms with Gasteiger partial charge in [-0.1, -0.05) is 83.1 Å². The summed E-state index contributed by atoms with van der Waals surface area (Å²) in [6, 6.07) is -0.823. The molecule has 34 heavy (non-hydrogen) atoms. The van der Waals surface area contributed by atoms with Gasteiger partial charge in [0.2, 0.25) is 5.91 Å². The molecule has 200 valence electrons. The topological polar surface area (TPSA) is 89.8 Å². The van der Waals surface area contributed by atoms with Crippen LogP contribution in [0, 0.1) is 0 Å². The van der Waals surface area contributed by atoms with Gasteiger partial charge in [0, 0.05) is 6.42 Å². The van der Waals surface area contributed by atoms with E-state index in [1.165, 1.54) is 57.8 Å². The maximum atomic E-state index is 12.2. The fraction of sp³-hybridized carbons (Fsp3) is 0.828. The molecular weight excluding hydrogens is 426 g/mol. The number of hydrogen-bond acceptors (Lipinski definition) is 4. The van der Waals surface area contributed by atoms with Gasteiger partial charge in [0.25, 0.3) is 0 Å². The highest BCUT2D eigenvalue weighted by Gasteiger charge is 2.26. The van der Waals surface area contributed by atoms with E-state index in [0.717, 1.165) is 44.9 Å². The Morgan fingerprint density at radius 1 is 0.706 bits per heavy atom. The van der Waals surface area contributed by atoms with Gasteiger partial charge in [-0.3, -0.25) is 4.79 Å². The molecule has 0 aromatic rings. The minimum absolute atomic E-state index is 0.171. The molecular formula is C29H55NO4. The van der Waals surface area contributed by atoms with Crippen molar-refractivity contribution in [3.8, 4) is 0 Å². The summed E-state index contributed by atoms with van der Waals surface area (Å²) in [7, 11) is 0. The zero-order valence-electron chi connectivity index (χ0n) is 22.2. The summed E-state index contributed by atoms with van der Waals surface area (Å²) in [5.41, 5.74) is 0. The fourth-order valence-corrected chi connectivity index (χ4v) is 3.98. The van der Waals surface area contributed by atoms with E-state index in [4.69, 9.17) is 0 Å². The summed E-state index contributed by atoms with van der Waals surface area (Å²) in [4.78, 5) is 12.2. The molecule has 3 atom stereocenters. The number of carbonyl (C=O) groups excluding carboxylic acids is 1. The summed E-state index contributed by atoms with van der Waals surface area (Å²) >= 11 is 0. The van der Waals surface area contributed by atoms with Crippen LogP contribution < -0.4 is 5.32 Å². The Hall–Kier alpha value is -1.17. The number of unbranched alkanes of at least 4 members (excludes halogenated alkanes) is 12. The SMILES string of the molecule is CCCCC/C=C\CCCCCCCC(=O)NC(CO)C(O)C(O)CCC/C=C/CCCCC. The molecule has 4 N–H and O–H groups in total. The van der Waals surface area contributed by atoms with E-state index in [1.807, 2.05) is 0 Å². The number of allylic oxidation sites excluding steroid dienone is 4. The van der Waals surface area contributed by atoms with Crippen LogP contribution in [0.4, 0.5) is 0 Å². The second-order valence-electron chi connectivity index (χ2n) is 9.59. The van der Waals surface area contributed by atoms with Crippen LogP contribution in [-0.2, 0) is 4.79 Å². The van der Waals surface area contributed by atoms with Crippen molar-refractivity contribution in [2.24, 2.45) is 0 Å². The molecule has 0 aromatic carbocycles. The van der Waals surface area contributed by atoms with E-state index >= 15 is 0 Å². The van der Waals surface area contributed by atoms with E-state index in [1.54, 1.807) is 0 Å². The van der Waals surface area contributed by atoms with E-state index in [9.17, 15) is 20.1 Å². The first-order chi connectivity index (χ1) is 16.6. The first-order valence-electron chi connectivity index (χ1n) is 14.1. The van der Waals surface area contributed by atoms with Gasteiger partial charge >= 0.3 is 0 Å². The smallest absolute Gasteiger partial charge is 0.220 e. The number of rotatable bonds is 24. The van der Waals surface area contributed by atoms with E-state index in [2.05, 4.69) is 43.5 Å². The molecule has 0 spiro atoms. The third-order valence-corrected chi connectivity index (χ3v) is 6.28. The molecule has 1 amide bonds. The van der Waals surface area contributed by atoms with Gasteiger partial charge in [-0.2, -0.15) is 0 Å². The fourth-order valence-electron chi connectivity index (χ4n) is 3.98. The van der Waals surface area contributed by atoms with Crippen LogP contribution in [0.3, 0.4) is 0 Å². The number of amides is 1. The van der Waals surface area contributed by atoms with E-state index in [0.29, 0.717) is 12.8 Å². The predicted octanol–water partition coefficient (Wildman–Crippen LogP) is 6.36. The molecule has 0 aromatic heterocycles. The van der Waals surface area contributed by atoms with Gasteiger partial charge in [-0.25, -0.2) is 0 Å². The quantitative estimate of drug-likeness (QED) is 0.0954. The minimum Gasteiger partial charge on any atom is -0.394 e. The number of carbonyl (C=O) groups is 1. The highest BCUT2D eigenvalue weighted by atomic mass is 16.3. The second-order valence-corrected chi connectivity index (χ2v) is 9.59. The third kappa shape index (κ3) is 20.2. The predicted molar refractivity (Wildman–Crippen MR) is 144 cm³/mol. The second kappa shape index (κ2) is 24.9. The molecule has 5 heteroatoms. The van der Waals surface area contributed by atoms with Crippen LogP contribution in [0.1, 0.15) is 129 Å². The lowest BCUT2D eigenvalue weighted by Crippen LogP contribution is -2.50. The van der Waals surface area contributed by atoms with Crippen LogP contribution in [0.5, 0.6) is 0 Å². The van der Waals surface area contributed by atoms with Gasteiger partial charge in [0.1, 0.15) is 6.10 Å². The Morgan fingerprint density at radius 2 is 1.18 bits per heavy atom. The lowest BCUT2D eigenvalue weighted by atomic mass is 10.0. The van der Waals surface area contributed by atoms with Crippen molar-refractivity contribution < 1.29 is 20.1 Å². The van der Waals surface area contributed by atoms with Crippen molar-refractivity contribution in [1.82, 2.24) is 5.32 Å². The molecule has 0 aliphatic heterocycles. The normalized spacial score (nSPS) is 14.6. The van der Waals surface area contributed by atoms with Crippen molar-refractivity contribution in [3.05, 3.63) is 24.3 Å². The van der Waals surface area contributed by atoms with Gasteiger partial charge in [-0.15, -0.1) is 0 Å². The van der Waals surface area contributed by atoms with Gasteiger partial charge in [-0.05, 0) is 64.2 Å². The average molecular weight is 482 g/mol. The minimum atomic E-state index is -1.16. The molecule has 0 radical (unpaired) electrons. The van der Waals surface area contributed by atoms with Crippen molar-refractivity contribution in [2.75, 3.05) is 6.61 Å². The Labute approximate surface area is 210 Å². The van der Waals surface area contributed by atoms with Crippen LogP contribution >= 0.6 is 0 Å². The van der Waals surface area contributed by atoms with Gasteiger partial charge < -0.3 is 20.6 Å². The van der Waals surface area contributed by atoms with Crippen LogP contribution in [0.15, 0.2) is 24.3 Å². The molecule has 0 fully saturated rings. The van der Waals surface area contributed by atoms with Gasteiger partial charge in [0.15, 0.2) is 0 Å². The summed E-state index contributed by atoms with van der Waals surface area (Å²) in [5.74, 6) is -0.171. The Bertz CT molecular complexity index is 506. The number of aliphatic hydroxyl groups is 3. The highest BCUT2D eigenvalue weighted by Crippen LogP contribution is 2.12. The largest absolute Gasteiger partial charge is 0.394 e. The van der Waals surface area contributed by atoms with Crippen LogP contribution in [-0.4, -0.2) is 46.1 Å². The summed E-state index contributed by atoms with van der Waals surface area (Å²) in [5, 5.41) is 32.9. The maximum Gasteiger partial charge on any atom is 0.220 e. The summed E-state index contributed by atoms with van der Waals surface area (Å²) < 4.78 is 0. The van der Waals surface area contributed by atoms with Gasteiger partial charge in [0.05, 0.1) is 18.8 Å². The Morgan fingerprint density at radius 3 is 1.71 bits per heavy atom. The number of nitrogens with one attached hydrogen (secondary N) is 1. The number of aliphatic hydroxyl groups excluding tert-OH is 3.